The summed E-state index contributed by atoms with van der Waals surface area (Å²) in [5.41, 5.74) is 2.53. The van der Waals surface area contributed by atoms with E-state index in [2.05, 4.69) is 13.8 Å². The van der Waals surface area contributed by atoms with Crippen LogP contribution in [0.2, 0.25) is 0 Å². The number of hydrogen-bond acceptors (Lipinski definition) is 2. The van der Waals surface area contributed by atoms with E-state index in [-0.39, 0.29) is 0 Å². The molecule has 1 rings (SSSR count). The number of hydrogen-bond donors (Lipinski definition) is 1. The lowest BCUT2D eigenvalue weighted by atomic mass is 10.1. The number of phenols is 1. The summed E-state index contributed by atoms with van der Waals surface area (Å²) in [7, 11) is 0. The van der Waals surface area contributed by atoms with Gasteiger partial charge in [-0.25, -0.2) is 0 Å². The number of thioether (sulfide) groups is 1. The molecule has 0 unspecified atom stereocenters. The van der Waals surface area contributed by atoms with Crippen LogP contribution in [-0.2, 0) is 5.75 Å². The van der Waals surface area contributed by atoms with Crippen molar-refractivity contribution in [3.8, 4) is 5.75 Å². The molecule has 0 fully saturated rings. The molecule has 0 aliphatic carbocycles. The van der Waals surface area contributed by atoms with Crippen LogP contribution in [-0.4, -0.2) is 10.9 Å². The molecule has 0 aliphatic heterocycles. The first-order valence-electron chi connectivity index (χ1n) is 5.60. The molecular formula is C13H20OS. The molecular weight excluding hydrogens is 204 g/mol. The third-order valence-electron chi connectivity index (χ3n) is 2.48. The fraction of sp³-hybridized carbons (Fsp3) is 0.538. The third kappa shape index (κ3) is 4.61. The molecule has 1 N–H and O–H groups in total. The SMILES string of the molecule is CCCCCSCc1ccc(O)cc1C. The van der Waals surface area contributed by atoms with Gasteiger partial charge in [-0.3, -0.25) is 0 Å². The van der Waals surface area contributed by atoms with Crippen LogP contribution in [0.5, 0.6) is 5.75 Å². The minimum Gasteiger partial charge on any atom is -0.508 e. The normalized spacial score (nSPS) is 10.5. The average Bonchev–Trinajstić information content (AvgIpc) is 2.20. The molecule has 0 saturated heterocycles. The van der Waals surface area contributed by atoms with Crippen molar-refractivity contribution in [3.63, 3.8) is 0 Å². The molecule has 1 aromatic carbocycles. The maximum atomic E-state index is 9.27. The first-order chi connectivity index (χ1) is 7.24. The van der Waals surface area contributed by atoms with Gasteiger partial charge in [-0.2, -0.15) is 11.8 Å². The van der Waals surface area contributed by atoms with Crippen LogP contribution in [0.3, 0.4) is 0 Å². The topological polar surface area (TPSA) is 20.2 Å². The van der Waals surface area contributed by atoms with Gasteiger partial charge >= 0.3 is 0 Å². The zero-order valence-corrected chi connectivity index (χ0v) is 10.4. The fourth-order valence-corrected chi connectivity index (χ4v) is 2.57. The predicted molar refractivity (Wildman–Crippen MR) is 68.5 cm³/mol. The van der Waals surface area contributed by atoms with Crippen LogP contribution >= 0.6 is 11.8 Å². The predicted octanol–water partition coefficient (Wildman–Crippen LogP) is 4.12. The van der Waals surface area contributed by atoms with Crippen LogP contribution < -0.4 is 0 Å². The maximum absolute atomic E-state index is 9.27. The van der Waals surface area contributed by atoms with E-state index in [0.717, 1.165) is 5.75 Å². The van der Waals surface area contributed by atoms with Crippen LogP contribution in [0.1, 0.15) is 37.3 Å². The first kappa shape index (κ1) is 12.4. The van der Waals surface area contributed by atoms with E-state index in [9.17, 15) is 5.11 Å². The van der Waals surface area contributed by atoms with Crippen molar-refractivity contribution in [3.05, 3.63) is 29.3 Å². The number of benzene rings is 1. The van der Waals surface area contributed by atoms with E-state index in [1.54, 1.807) is 6.07 Å². The van der Waals surface area contributed by atoms with Gasteiger partial charge in [-0.05, 0) is 42.4 Å². The Morgan fingerprint density at radius 1 is 1.27 bits per heavy atom. The number of unbranched alkanes of at least 4 members (excludes halogenated alkanes) is 2. The van der Waals surface area contributed by atoms with Crippen molar-refractivity contribution < 1.29 is 5.11 Å². The van der Waals surface area contributed by atoms with Gasteiger partial charge in [0.15, 0.2) is 0 Å². The monoisotopic (exact) mass is 224 g/mol. The van der Waals surface area contributed by atoms with Gasteiger partial charge < -0.3 is 5.11 Å². The maximum Gasteiger partial charge on any atom is 0.115 e. The van der Waals surface area contributed by atoms with E-state index < -0.39 is 0 Å². The minimum atomic E-state index is 0.368. The summed E-state index contributed by atoms with van der Waals surface area (Å²) in [6, 6.07) is 5.63. The molecule has 0 saturated carbocycles. The van der Waals surface area contributed by atoms with Crippen LogP contribution in [0.25, 0.3) is 0 Å². The highest BCUT2D eigenvalue weighted by atomic mass is 32.2. The zero-order chi connectivity index (χ0) is 11.1. The second-order valence-electron chi connectivity index (χ2n) is 3.87. The average molecular weight is 224 g/mol. The highest BCUT2D eigenvalue weighted by Crippen LogP contribution is 2.21. The molecule has 84 valence electrons. The summed E-state index contributed by atoms with van der Waals surface area (Å²) in [5.74, 6) is 2.68. The van der Waals surface area contributed by atoms with E-state index in [1.807, 2.05) is 23.9 Å². The molecule has 15 heavy (non-hydrogen) atoms. The summed E-state index contributed by atoms with van der Waals surface area (Å²) in [6.07, 6.45) is 3.94. The van der Waals surface area contributed by atoms with E-state index in [1.165, 1.54) is 36.1 Å². The lowest BCUT2D eigenvalue weighted by molar-refractivity contribution is 0.474. The molecule has 2 heteroatoms. The largest absolute Gasteiger partial charge is 0.508 e. The van der Waals surface area contributed by atoms with Crippen molar-refractivity contribution in [1.82, 2.24) is 0 Å². The highest BCUT2D eigenvalue weighted by Gasteiger charge is 1.99. The van der Waals surface area contributed by atoms with Gasteiger partial charge in [0.1, 0.15) is 5.75 Å². The lowest BCUT2D eigenvalue weighted by Gasteiger charge is -2.05. The molecule has 0 radical (unpaired) electrons. The summed E-state index contributed by atoms with van der Waals surface area (Å²) in [4.78, 5) is 0. The Balaban J connectivity index is 2.31. The number of phenolic OH excluding ortho intramolecular Hbond substituents is 1. The minimum absolute atomic E-state index is 0.368. The summed E-state index contributed by atoms with van der Waals surface area (Å²) < 4.78 is 0. The molecule has 0 spiro atoms. The Morgan fingerprint density at radius 3 is 2.73 bits per heavy atom. The Hall–Kier alpha value is -0.630. The summed E-state index contributed by atoms with van der Waals surface area (Å²) in [6.45, 7) is 4.29. The Kier molecular flexibility index (Phi) is 5.62. The van der Waals surface area contributed by atoms with Gasteiger partial charge in [0.05, 0.1) is 0 Å². The Labute approximate surface area is 96.9 Å². The lowest BCUT2D eigenvalue weighted by Crippen LogP contribution is -1.87. The Morgan fingerprint density at radius 2 is 2.07 bits per heavy atom. The van der Waals surface area contributed by atoms with Crippen LogP contribution in [0, 0.1) is 6.92 Å². The van der Waals surface area contributed by atoms with Gasteiger partial charge in [0.2, 0.25) is 0 Å². The molecule has 0 amide bonds. The van der Waals surface area contributed by atoms with E-state index in [4.69, 9.17) is 0 Å². The van der Waals surface area contributed by atoms with Gasteiger partial charge in [-0.15, -0.1) is 0 Å². The second kappa shape index (κ2) is 6.78. The molecule has 0 bridgehead atoms. The molecule has 1 aromatic rings. The fourth-order valence-electron chi connectivity index (χ4n) is 1.48. The van der Waals surface area contributed by atoms with Gasteiger partial charge in [-0.1, -0.05) is 25.8 Å². The van der Waals surface area contributed by atoms with Crippen molar-refractivity contribution in [2.45, 2.75) is 38.9 Å². The van der Waals surface area contributed by atoms with Gasteiger partial charge in [0.25, 0.3) is 0 Å². The summed E-state index contributed by atoms with van der Waals surface area (Å²) in [5, 5.41) is 9.27. The number of aromatic hydroxyl groups is 1. The Bertz CT molecular complexity index is 297. The molecule has 1 nitrogen and oxygen atoms in total. The van der Waals surface area contributed by atoms with Crippen LogP contribution in [0.4, 0.5) is 0 Å². The second-order valence-corrected chi connectivity index (χ2v) is 4.98. The number of rotatable bonds is 6. The smallest absolute Gasteiger partial charge is 0.115 e. The highest BCUT2D eigenvalue weighted by molar-refractivity contribution is 7.98. The first-order valence-corrected chi connectivity index (χ1v) is 6.75. The number of aryl methyl sites for hydroxylation is 1. The van der Waals surface area contributed by atoms with E-state index in [0.29, 0.717) is 5.75 Å². The standard InChI is InChI=1S/C13H20OS/c1-3-4-5-8-15-10-12-6-7-13(14)9-11(12)2/h6-7,9,14H,3-5,8,10H2,1-2H3. The van der Waals surface area contributed by atoms with Crippen LogP contribution in [0.15, 0.2) is 18.2 Å². The van der Waals surface area contributed by atoms with Crippen molar-refractivity contribution in [2.75, 3.05) is 5.75 Å². The van der Waals surface area contributed by atoms with Gasteiger partial charge in [0, 0.05) is 5.75 Å². The quantitative estimate of drug-likeness (QED) is 0.733. The van der Waals surface area contributed by atoms with Crippen molar-refractivity contribution in [2.24, 2.45) is 0 Å². The summed E-state index contributed by atoms with van der Waals surface area (Å²) >= 11 is 1.98. The molecule has 0 aliphatic rings. The van der Waals surface area contributed by atoms with E-state index >= 15 is 0 Å². The van der Waals surface area contributed by atoms with Crippen molar-refractivity contribution >= 4 is 11.8 Å². The molecule has 0 atom stereocenters. The zero-order valence-electron chi connectivity index (χ0n) is 9.62. The molecule has 0 heterocycles. The van der Waals surface area contributed by atoms with Crippen molar-refractivity contribution in [1.29, 1.82) is 0 Å². The molecule has 0 aromatic heterocycles. The third-order valence-corrected chi connectivity index (χ3v) is 3.57.